The van der Waals surface area contributed by atoms with Gasteiger partial charge in [0.25, 0.3) is 0 Å². The number of hydrogen-bond donors (Lipinski definition) is 5. The van der Waals surface area contributed by atoms with E-state index < -0.39 is 38.1 Å². The summed E-state index contributed by atoms with van der Waals surface area (Å²) in [5.41, 5.74) is 0.351. The van der Waals surface area contributed by atoms with Crippen LogP contribution in [0.25, 0.3) is 0 Å². The molecule has 1 fully saturated rings. The minimum atomic E-state index is -3.69. The third-order valence-electron chi connectivity index (χ3n) is 4.84. The van der Waals surface area contributed by atoms with E-state index in [-0.39, 0.29) is 24.5 Å². The second-order valence-corrected chi connectivity index (χ2v) is 9.55. The fourth-order valence-electron chi connectivity index (χ4n) is 3.20. The summed E-state index contributed by atoms with van der Waals surface area (Å²) >= 11 is 0. The molecule has 29 heavy (non-hydrogen) atoms. The molecule has 2 aromatic carbocycles. The number of phenolic OH excluding ortho intramolecular Hbond substituents is 1. The Bertz CT molecular complexity index is 845. The molecule has 2 aromatic rings. The van der Waals surface area contributed by atoms with Gasteiger partial charge in [-0.2, -0.15) is 0 Å². The Morgan fingerprint density at radius 1 is 0.931 bits per heavy atom. The lowest BCUT2D eigenvalue weighted by Crippen LogP contribution is -2.59. The summed E-state index contributed by atoms with van der Waals surface area (Å²) in [4.78, 5) is 10.3. The Morgan fingerprint density at radius 2 is 1.59 bits per heavy atom. The normalized spacial score (nSPS) is 29.2. The fraction of sp³-hybridized carbons (Fsp3) is 0.400. The number of phenols is 1. The van der Waals surface area contributed by atoms with Crippen molar-refractivity contribution in [2.75, 3.05) is 6.16 Å². The third kappa shape index (κ3) is 5.57. The zero-order chi connectivity index (χ0) is 21.0. The first-order valence-corrected chi connectivity index (χ1v) is 11.3. The standard InChI is InChI=1S/C20H25O8P/c21-15-9-5-4-6-13(15)12-29(25,26)11-10-16-17(22)18(23)19(24)20(28-16)27-14-7-2-1-3-8-14/h1-9,16-24H,10-12H2,(H,25,26)/t16?,17-,18?,19?,20+/m1/s1. The highest BCUT2D eigenvalue weighted by molar-refractivity contribution is 7.57. The van der Waals surface area contributed by atoms with E-state index in [2.05, 4.69) is 0 Å². The molecule has 0 amide bonds. The first kappa shape index (κ1) is 21.8. The molecular weight excluding hydrogens is 399 g/mol. The first-order chi connectivity index (χ1) is 13.8. The minimum absolute atomic E-state index is 0.0407. The van der Waals surface area contributed by atoms with Gasteiger partial charge in [0.2, 0.25) is 13.7 Å². The van der Waals surface area contributed by atoms with Crippen LogP contribution in [0.1, 0.15) is 12.0 Å². The summed E-state index contributed by atoms with van der Waals surface area (Å²) in [6.45, 7) is 0. The average Bonchev–Trinajstić information content (AvgIpc) is 2.70. The predicted octanol–water partition coefficient (Wildman–Crippen LogP) is 1.44. The van der Waals surface area contributed by atoms with Gasteiger partial charge in [-0.25, -0.2) is 0 Å². The van der Waals surface area contributed by atoms with Crippen LogP contribution in [0.3, 0.4) is 0 Å². The molecule has 0 saturated carbocycles. The van der Waals surface area contributed by atoms with Crippen molar-refractivity contribution < 1.29 is 39.4 Å². The molecule has 1 heterocycles. The van der Waals surface area contributed by atoms with E-state index in [0.717, 1.165) is 0 Å². The Balaban J connectivity index is 1.64. The Kier molecular flexibility index (Phi) is 6.95. The van der Waals surface area contributed by atoms with E-state index in [4.69, 9.17) is 9.47 Å². The SMILES string of the molecule is O=P(O)(CCC1O[C@H](Oc2ccccc2)C(O)C(O)[C@@H]1O)Cc1ccccc1O. The maximum Gasteiger partial charge on any atom is 0.229 e. The van der Waals surface area contributed by atoms with Gasteiger partial charge in [-0.1, -0.05) is 36.4 Å². The molecule has 1 aliphatic rings. The molecule has 0 spiro atoms. The first-order valence-electron chi connectivity index (χ1n) is 9.26. The number of benzene rings is 2. The summed E-state index contributed by atoms with van der Waals surface area (Å²) in [5.74, 6) is 0.344. The molecule has 1 aliphatic heterocycles. The lowest BCUT2D eigenvalue weighted by Gasteiger charge is -2.40. The van der Waals surface area contributed by atoms with Crippen LogP contribution in [-0.4, -0.2) is 62.2 Å². The van der Waals surface area contributed by atoms with Crippen LogP contribution in [0, 0.1) is 0 Å². The van der Waals surface area contributed by atoms with Crippen molar-refractivity contribution in [1.82, 2.24) is 0 Å². The molecule has 158 valence electrons. The molecular formula is C20H25O8P. The molecule has 3 rings (SSSR count). The number of aromatic hydroxyl groups is 1. The van der Waals surface area contributed by atoms with Gasteiger partial charge >= 0.3 is 0 Å². The molecule has 0 aliphatic carbocycles. The minimum Gasteiger partial charge on any atom is -0.508 e. The average molecular weight is 424 g/mol. The van der Waals surface area contributed by atoms with Gasteiger partial charge in [-0.15, -0.1) is 0 Å². The lowest BCUT2D eigenvalue weighted by molar-refractivity contribution is -0.272. The van der Waals surface area contributed by atoms with E-state index in [1.807, 2.05) is 0 Å². The highest BCUT2D eigenvalue weighted by atomic mass is 31.2. The van der Waals surface area contributed by atoms with Gasteiger partial charge in [-0.05, 0) is 24.6 Å². The largest absolute Gasteiger partial charge is 0.508 e. The van der Waals surface area contributed by atoms with Crippen LogP contribution >= 0.6 is 7.37 Å². The summed E-state index contributed by atoms with van der Waals surface area (Å²) in [5, 5.41) is 40.3. The number of rotatable bonds is 7. The predicted molar refractivity (Wildman–Crippen MR) is 105 cm³/mol. The molecule has 0 radical (unpaired) electrons. The summed E-state index contributed by atoms with van der Waals surface area (Å²) in [6, 6.07) is 14.8. The van der Waals surface area contributed by atoms with Crippen LogP contribution in [-0.2, 0) is 15.5 Å². The number of aliphatic hydroxyl groups is 3. The van der Waals surface area contributed by atoms with Crippen molar-refractivity contribution in [1.29, 1.82) is 0 Å². The molecule has 6 atom stereocenters. The second-order valence-electron chi connectivity index (χ2n) is 7.09. The Morgan fingerprint density at radius 3 is 2.28 bits per heavy atom. The van der Waals surface area contributed by atoms with E-state index in [1.165, 1.54) is 6.07 Å². The third-order valence-corrected chi connectivity index (χ3v) is 6.63. The summed E-state index contributed by atoms with van der Waals surface area (Å²) < 4.78 is 23.7. The van der Waals surface area contributed by atoms with Crippen molar-refractivity contribution in [2.45, 2.75) is 43.3 Å². The van der Waals surface area contributed by atoms with Crippen LogP contribution in [0.5, 0.6) is 11.5 Å². The van der Waals surface area contributed by atoms with Gasteiger partial charge in [0.1, 0.15) is 29.8 Å². The molecule has 1 saturated heterocycles. The highest BCUT2D eigenvalue weighted by Crippen LogP contribution is 2.47. The van der Waals surface area contributed by atoms with Crippen LogP contribution < -0.4 is 4.74 Å². The number of ether oxygens (including phenoxy) is 2. The summed E-state index contributed by atoms with van der Waals surface area (Å²) in [6.07, 6.45) is -7.17. The van der Waals surface area contributed by atoms with Crippen molar-refractivity contribution >= 4 is 7.37 Å². The second kappa shape index (κ2) is 9.26. The maximum absolute atomic E-state index is 12.6. The van der Waals surface area contributed by atoms with Crippen LogP contribution in [0.4, 0.5) is 0 Å². The maximum atomic E-state index is 12.6. The highest BCUT2D eigenvalue weighted by Gasteiger charge is 2.45. The molecule has 5 N–H and O–H groups in total. The monoisotopic (exact) mass is 424 g/mol. The van der Waals surface area contributed by atoms with Crippen molar-refractivity contribution in [3.05, 3.63) is 60.2 Å². The molecule has 8 nitrogen and oxygen atoms in total. The van der Waals surface area contributed by atoms with Crippen molar-refractivity contribution in [3.63, 3.8) is 0 Å². The molecule has 9 heteroatoms. The number of aliphatic hydroxyl groups excluding tert-OH is 3. The quantitative estimate of drug-likeness (QED) is 0.421. The van der Waals surface area contributed by atoms with Crippen molar-refractivity contribution in [2.24, 2.45) is 0 Å². The van der Waals surface area contributed by atoms with Gasteiger partial charge in [0.15, 0.2) is 0 Å². The Hall–Kier alpha value is -1.93. The van der Waals surface area contributed by atoms with Gasteiger partial charge in [0, 0.05) is 11.7 Å². The fourth-order valence-corrected chi connectivity index (χ4v) is 4.82. The van der Waals surface area contributed by atoms with Crippen LogP contribution in [0.15, 0.2) is 54.6 Å². The van der Waals surface area contributed by atoms with E-state index in [9.17, 15) is 29.9 Å². The molecule has 0 bridgehead atoms. The topological polar surface area (TPSA) is 137 Å². The van der Waals surface area contributed by atoms with E-state index >= 15 is 0 Å². The van der Waals surface area contributed by atoms with Gasteiger partial charge in [-0.3, -0.25) is 4.57 Å². The molecule has 0 aromatic heterocycles. The lowest BCUT2D eigenvalue weighted by atomic mass is 9.97. The van der Waals surface area contributed by atoms with Crippen molar-refractivity contribution in [3.8, 4) is 11.5 Å². The Labute approximate surface area is 168 Å². The van der Waals surface area contributed by atoms with Crippen LogP contribution in [0.2, 0.25) is 0 Å². The zero-order valence-corrected chi connectivity index (χ0v) is 16.5. The van der Waals surface area contributed by atoms with E-state index in [1.54, 1.807) is 48.5 Å². The smallest absolute Gasteiger partial charge is 0.229 e. The summed E-state index contributed by atoms with van der Waals surface area (Å²) in [7, 11) is -3.69. The zero-order valence-electron chi connectivity index (χ0n) is 15.6. The molecule has 4 unspecified atom stereocenters. The van der Waals surface area contributed by atoms with Gasteiger partial charge < -0.3 is 34.8 Å². The van der Waals surface area contributed by atoms with E-state index in [0.29, 0.717) is 11.3 Å². The number of para-hydroxylation sites is 2. The number of hydrogen-bond acceptors (Lipinski definition) is 7. The van der Waals surface area contributed by atoms with Gasteiger partial charge in [0.05, 0.1) is 12.3 Å².